The van der Waals surface area contributed by atoms with Crippen LogP contribution in [0.4, 0.5) is 11.6 Å². The molecule has 3 rings (SSSR count). The van der Waals surface area contributed by atoms with Gasteiger partial charge in [0.2, 0.25) is 59.1 Å². The number of nitrogens with zero attached hydrogens (tertiary/aromatic N) is 3. The fourth-order valence-electron chi connectivity index (χ4n) is 10.4. The largest absolute Gasteiger partial charge is 0.481 e. The summed E-state index contributed by atoms with van der Waals surface area (Å²) >= 11 is 0. The maximum absolute atomic E-state index is 14.7. The van der Waals surface area contributed by atoms with Gasteiger partial charge >= 0.3 is 11.9 Å². The monoisotopic (exact) mass is 1680 g/mol. The second-order valence-electron chi connectivity index (χ2n) is 26.6. The maximum Gasteiger partial charge on any atom is 0.303 e. The average molecular weight is 1680 g/mol. The van der Waals surface area contributed by atoms with E-state index in [1.54, 1.807) is 19.1 Å². The molecule has 0 fully saturated rings. The van der Waals surface area contributed by atoms with Crippen LogP contribution >= 0.6 is 21.6 Å². The fraction of sp³-hybridized carbons (Fsp3) is 0.642. The van der Waals surface area contributed by atoms with Gasteiger partial charge in [-0.3, -0.25) is 67.3 Å². The van der Waals surface area contributed by atoms with Gasteiger partial charge in [-0.2, -0.15) is 4.98 Å². The second kappa shape index (κ2) is 51.7. The summed E-state index contributed by atoms with van der Waals surface area (Å²) in [5.74, 6) is -13.4. The Morgan fingerprint density at radius 3 is 1.20 bits per heavy atom. The Morgan fingerprint density at radius 1 is 0.452 bits per heavy atom. The summed E-state index contributed by atoms with van der Waals surface area (Å²) in [6.45, 7) is -0.529. The quantitative estimate of drug-likeness (QED) is 0.0184. The Morgan fingerprint density at radius 2 is 0.817 bits per heavy atom. The molecule has 31 N–H and O–H groups in total. The molecule has 0 saturated heterocycles. The highest BCUT2D eigenvalue weighted by Gasteiger charge is 2.37. The number of fused-ring (bicyclic) bond motifs is 1. The van der Waals surface area contributed by atoms with E-state index in [0.717, 1.165) is 0 Å². The summed E-state index contributed by atoms with van der Waals surface area (Å²) in [4.78, 5) is 191. The molecule has 0 radical (unpaired) electrons. The predicted molar refractivity (Wildman–Crippen MR) is 404 cm³/mol. The molecule has 0 bridgehead atoms. The van der Waals surface area contributed by atoms with Gasteiger partial charge in [0.25, 0.3) is 11.5 Å². The summed E-state index contributed by atoms with van der Waals surface area (Å²) in [6, 6.07) is -5.16. The lowest BCUT2D eigenvalue weighted by atomic mass is 10.0. The molecule has 646 valence electrons. The standard InChI is InChI=1S/C67H106N16O30S2/c1-4-114-115-29-31(3)75-61(108)36(11-17-47(94)71-24-41(88)54(102)57(105)44(91)27-85)78-64(111)39(14-20-51(99)100)81-63(110)37(12-18-48(95)72-25-42(89)55(103)58(106)45(92)28-86)79-65(112)38(13-19-50(97)98)80-62(109)35(10-16-46(93)70-23-40(87)53(101)56(104)43(90)26-84)77-49(96)15-5-30(2)74-60(107)32-6-8-33(9-7-32)69-21-34-22-73-59-52(76-34)66(113)83-67(68)82-59/h6-9,22,30-31,35-45,53-58,69,84-92,101-106H,4-5,10-21,23-29H2,1-3H3,(H,70,93)(H,71,94)(H,72,95)(H,74,107)(H,75,108)(H,77,96)(H,78,111)(H,79,112)(H,80,109)(H,81,110)(H,97,98)(H,99,100)(H3,68,73,82,83,113)/t30-,31-,35+,36+,37+,38+,39+,40+,41+,42+,43-,44-,45-,53-,54-,55-,56-,57-,58-/m1/s1. The SMILES string of the molecule is CCSSC[C@@H](C)NC(=O)[C@H](CCC(=O)NC[C@H](O)[C@@H](O)[C@H](O)[C@H](O)CO)NC(=O)[C@H](CCC(=O)O)NC(=O)[C@H](CCC(=O)NC[C@H](O)[C@@H](O)[C@H](O)[C@H](O)CO)NC(=O)[C@H](CCC(=O)O)NC(=O)[C@H](CCC(=O)NC[C@H](O)[C@@H](O)[C@H](O)[C@H](O)CO)NC(=O)CC[C@@H](C)NC(=O)c1ccc(NCc2cnc3nc(N)[nH]c(=O)c3n2)cc1. The maximum atomic E-state index is 14.7. The minimum absolute atomic E-state index is 0.0321. The van der Waals surface area contributed by atoms with Crippen LogP contribution in [0.1, 0.15) is 114 Å². The number of aromatic amines is 1. The van der Waals surface area contributed by atoms with E-state index in [4.69, 9.17) is 10.8 Å². The van der Waals surface area contributed by atoms with Crippen molar-refractivity contribution in [3.8, 4) is 0 Å². The van der Waals surface area contributed by atoms with Crippen molar-refractivity contribution in [1.29, 1.82) is 0 Å². The highest BCUT2D eigenvalue weighted by Crippen LogP contribution is 2.22. The fourth-order valence-corrected chi connectivity index (χ4v) is 12.3. The first kappa shape index (κ1) is 100.0. The molecule has 10 amide bonds. The van der Waals surface area contributed by atoms with Gasteiger partial charge in [0.1, 0.15) is 85.1 Å². The molecule has 115 heavy (non-hydrogen) atoms. The highest BCUT2D eigenvalue weighted by atomic mass is 33.1. The summed E-state index contributed by atoms with van der Waals surface area (Å²) in [7, 11) is 2.80. The number of nitrogens with one attached hydrogen (secondary N) is 12. The number of aliphatic carboxylic acids is 2. The third-order valence-corrected chi connectivity index (χ3v) is 19.8. The van der Waals surface area contributed by atoms with Crippen molar-refractivity contribution in [2.75, 3.05) is 62.0 Å². The molecule has 0 unspecified atom stereocenters. The van der Waals surface area contributed by atoms with Crippen LogP contribution in [0.5, 0.6) is 0 Å². The van der Waals surface area contributed by atoms with Gasteiger partial charge in [-0.25, -0.2) is 9.97 Å². The summed E-state index contributed by atoms with van der Waals surface area (Å²) in [5, 5.41) is 195. The van der Waals surface area contributed by atoms with Crippen LogP contribution in [-0.4, -0.2) is 344 Å². The number of H-pyrrole nitrogens is 1. The lowest BCUT2D eigenvalue weighted by Crippen LogP contribution is -2.59. The first-order valence-corrected chi connectivity index (χ1v) is 38.7. The van der Waals surface area contributed by atoms with Crippen LogP contribution in [0.15, 0.2) is 35.3 Å². The number of amides is 10. The van der Waals surface area contributed by atoms with Crippen LogP contribution in [0.3, 0.4) is 0 Å². The van der Waals surface area contributed by atoms with Gasteiger partial charge in [0.15, 0.2) is 11.2 Å². The van der Waals surface area contributed by atoms with Crippen LogP contribution in [0.25, 0.3) is 11.2 Å². The number of carboxylic acids is 2. The Hall–Kier alpha value is -9.22. The van der Waals surface area contributed by atoms with E-state index in [1.807, 2.05) is 6.92 Å². The second-order valence-corrected chi connectivity index (χ2v) is 29.4. The predicted octanol–water partition coefficient (Wildman–Crippen LogP) is -11.1. The van der Waals surface area contributed by atoms with Crippen molar-refractivity contribution in [1.82, 2.24) is 73.1 Å². The molecular weight excluding hydrogens is 1570 g/mol. The van der Waals surface area contributed by atoms with E-state index < -0.39 is 302 Å². The number of carbonyl (C=O) groups is 12. The van der Waals surface area contributed by atoms with E-state index >= 15 is 0 Å². The number of aromatic nitrogens is 4. The minimum atomic E-state index is -2.19. The van der Waals surface area contributed by atoms with E-state index in [9.17, 15) is 144 Å². The molecule has 0 aliphatic heterocycles. The number of carbonyl (C=O) groups excluding carboxylic acids is 10. The molecule has 2 aromatic heterocycles. The van der Waals surface area contributed by atoms with E-state index in [1.165, 1.54) is 46.8 Å². The third-order valence-electron chi connectivity index (χ3n) is 17.2. The van der Waals surface area contributed by atoms with Crippen molar-refractivity contribution in [3.63, 3.8) is 0 Å². The molecule has 0 aliphatic carbocycles. The van der Waals surface area contributed by atoms with Crippen molar-refractivity contribution >= 4 is 115 Å². The van der Waals surface area contributed by atoms with Gasteiger partial charge in [0, 0.05) is 93.0 Å². The van der Waals surface area contributed by atoms with Crippen molar-refractivity contribution in [2.24, 2.45) is 0 Å². The average Bonchev–Trinajstić information content (AvgIpc) is 0.807. The molecule has 0 spiro atoms. The Labute approximate surface area is 664 Å². The van der Waals surface area contributed by atoms with E-state index in [0.29, 0.717) is 22.9 Å². The topological polar surface area (TPSA) is 779 Å². The number of anilines is 2. The number of rotatable bonds is 56. The molecular formula is C67H106N16O30S2. The summed E-state index contributed by atoms with van der Waals surface area (Å²) in [5.41, 5.74) is 6.00. The van der Waals surface area contributed by atoms with Gasteiger partial charge in [-0.15, -0.1) is 0 Å². The van der Waals surface area contributed by atoms with Crippen molar-refractivity contribution in [2.45, 2.75) is 220 Å². The number of hydrogen-bond acceptors (Lipinski definition) is 35. The third kappa shape index (κ3) is 36.2. The van der Waals surface area contributed by atoms with Crippen LogP contribution in [-0.2, 0) is 59.3 Å². The Kier molecular flexibility index (Phi) is 44.9. The molecule has 0 aliphatic rings. The van der Waals surface area contributed by atoms with Crippen LogP contribution in [0.2, 0.25) is 0 Å². The number of carboxylic acid groups (broad SMARTS) is 2. The van der Waals surface area contributed by atoms with Gasteiger partial charge in [0.05, 0.1) is 56.6 Å². The number of aliphatic hydroxyl groups is 15. The number of nitrogen functional groups attached to an aromatic ring is 1. The van der Waals surface area contributed by atoms with Crippen LogP contribution in [0, 0.1) is 0 Å². The lowest BCUT2D eigenvalue weighted by Gasteiger charge is -2.28. The smallest absolute Gasteiger partial charge is 0.303 e. The zero-order chi connectivity index (χ0) is 86.3. The Bertz CT molecular complexity index is 3710. The van der Waals surface area contributed by atoms with Gasteiger partial charge in [-0.1, -0.05) is 28.5 Å². The number of nitrogens with two attached hydrogens (primary N) is 1. The molecule has 19 atom stereocenters. The van der Waals surface area contributed by atoms with Gasteiger partial charge < -0.3 is 151 Å². The number of aliphatic hydroxyl groups excluding tert-OH is 15. The van der Waals surface area contributed by atoms with Crippen molar-refractivity contribution in [3.05, 3.63) is 52.1 Å². The lowest BCUT2D eigenvalue weighted by molar-refractivity contribution is -0.139. The van der Waals surface area contributed by atoms with Crippen LogP contribution < -0.4 is 69.8 Å². The Balaban J connectivity index is 2.02. The first-order valence-electron chi connectivity index (χ1n) is 36.2. The number of benzene rings is 1. The zero-order valence-electron chi connectivity index (χ0n) is 62.9. The number of hydrogen-bond donors (Lipinski definition) is 30. The van der Waals surface area contributed by atoms with Gasteiger partial charge in [-0.05, 0) is 76.6 Å². The zero-order valence-corrected chi connectivity index (χ0v) is 64.5. The minimum Gasteiger partial charge on any atom is -0.481 e. The molecule has 48 heteroatoms. The molecule has 1 aromatic carbocycles. The van der Waals surface area contributed by atoms with E-state index in [-0.39, 0.29) is 35.6 Å². The summed E-state index contributed by atoms with van der Waals surface area (Å²) < 4.78 is 0. The van der Waals surface area contributed by atoms with E-state index in [2.05, 4.69) is 78.4 Å². The first-order chi connectivity index (χ1) is 54.2. The normalized spacial score (nSPS) is 16.4. The molecule has 0 saturated carbocycles. The van der Waals surface area contributed by atoms with Crippen molar-refractivity contribution < 1.29 is 144 Å². The molecule has 46 nitrogen and oxygen atoms in total. The highest BCUT2D eigenvalue weighted by molar-refractivity contribution is 8.76. The molecule has 3 aromatic rings. The molecule has 2 heterocycles. The summed E-state index contributed by atoms with van der Waals surface area (Å²) in [6.07, 6.45) is -31.6.